The summed E-state index contributed by atoms with van der Waals surface area (Å²) in [7, 11) is 1.82. The SMILES string of the molecule is CCCCNC(=O)c1ccc(CNC(=NC)N2CCC(Oc3ccccc3)CC2)cc1. The Balaban J connectivity index is 1.44. The molecule has 31 heavy (non-hydrogen) atoms. The third kappa shape index (κ3) is 7.02. The quantitative estimate of drug-likeness (QED) is 0.385. The molecule has 2 N–H and O–H groups in total. The van der Waals surface area contributed by atoms with E-state index in [4.69, 9.17) is 4.74 Å². The van der Waals surface area contributed by atoms with Crippen molar-refractivity contribution in [3.63, 3.8) is 0 Å². The maximum Gasteiger partial charge on any atom is 0.251 e. The van der Waals surface area contributed by atoms with Crippen molar-refractivity contribution in [2.24, 2.45) is 4.99 Å². The molecule has 0 saturated carbocycles. The predicted octanol–water partition coefficient (Wildman–Crippen LogP) is 3.84. The zero-order valence-electron chi connectivity index (χ0n) is 18.6. The molecule has 2 aromatic carbocycles. The van der Waals surface area contributed by atoms with Crippen LogP contribution in [0.1, 0.15) is 48.5 Å². The van der Waals surface area contributed by atoms with Gasteiger partial charge in [-0.1, -0.05) is 43.7 Å². The molecule has 3 rings (SSSR count). The molecule has 1 aliphatic heterocycles. The Labute approximate surface area is 185 Å². The summed E-state index contributed by atoms with van der Waals surface area (Å²) in [6, 6.07) is 17.8. The summed E-state index contributed by atoms with van der Waals surface area (Å²) in [6.07, 6.45) is 4.26. The Morgan fingerprint density at radius 3 is 2.42 bits per heavy atom. The number of rotatable bonds is 8. The largest absolute Gasteiger partial charge is 0.490 e. The fourth-order valence-corrected chi connectivity index (χ4v) is 3.65. The van der Waals surface area contributed by atoms with Gasteiger partial charge < -0.3 is 20.3 Å². The number of para-hydroxylation sites is 1. The molecule has 0 spiro atoms. The van der Waals surface area contributed by atoms with Crippen LogP contribution in [0.3, 0.4) is 0 Å². The molecule has 2 aromatic rings. The summed E-state index contributed by atoms with van der Waals surface area (Å²) >= 11 is 0. The van der Waals surface area contributed by atoms with E-state index in [-0.39, 0.29) is 12.0 Å². The Morgan fingerprint density at radius 2 is 1.77 bits per heavy atom. The van der Waals surface area contributed by atoms with Crippen molar-refractivity contribution in [1.29, 1.82) is 0 Å². The number of aliphatic imine (C=N–C) groups is 1. The number of nitrogens with one attached hydrogen (secondary N) is 2. The third-order valence-corrected chi connectivity index (χ3v) is 5.48. The van der Waals surface area contributed by atoms with Crippen molar-refractivity contribution in [2.45, 2.75) is 45.3 Å². The number of hydrogen-bond donors (Lipinski definition) is 2. The van der Waals surface area contributed by atoms with Crippen LogP contribution in [0.4, 0.5) is 0 Å². The number of amides is 1. The second-order valence-corrected chi connectivity index (χ2v) is 7.82. The molecule has 0 bridgehead atoms. The minimum absolute atomic E-state index is 0.00985. The Bertz CT molecular complexity index is 828. The minimum atomic E-state index is -0.00985. The van der Waals surface area contributed by atoms with E-state index in [0.717, 1.165) is 62.6 Å². The molecular formula is C25H34N4O2. The lowest BCUT2D eigenvalue weighted by molar-refractivity contribution is 0.0953. The number of nitrogens with zero attached hydrogens (tertiary/aromatic N) is 2. The van der Waals surface area contributed by atoms with Crippen molar-refractivity contribution < 1.29 is 9.53 Å². The van der Waals surface area contributed by atoms with Gasteiger partial charge in [0.2, 0.25) is 0 Å². The van der Waals surface area contributed by atoms with Gasteiger partial charge in [0, 0.05) is 51.6 Å². The van der Waals surface area contributed by atoms with E-state index in [0.29, 0.717) is 12.1 Å². The standard InChI is InChI=1S/C25H34N4O2/c1-3-4-16-27-24(30)21-12-10-20(11-13-21)19-28-25(26-2)29-17-14-23(15-18-29)31-22-8-6-5-7-9-22/h5-13,23H,3-4,14-19H2,1-2H3,(H,26,28)(H,27,30). The molecule has 6 nitrogen and oxygen atoms in total. The Morgan fingerprint density at radius 1 is 1.06 bits per heavy atom. The molecule has 1 heterocycles. The molecule has 0 radical (unpaired) electrons. The zero-order valence-corrected chi connectivity index (χ0v) is 18.6. The smallest absolute Gasteiger partial charge is 0.251 e. The van der Waals surface area contributed by atoms with Crippen LogP contribution < -0.4 is 15.4 Å². The van der Waals surface area contributed by atoms with Gasteiger partial charge in [-0.3, -0.25) is 9.79 Å². The van der Waals surface area contributed by atoms with Crippen LogP contribution in [0.5, 0.6) is 5.75 Å². The molecule has 1 aliphatic rings. The van der Waals surface area contributed by atoms with Crippen LogP contribution in [0, 0.1) is 0 Å². The monoisotopic (exact) mass is 422 g/mol. The first-order valence-electron chi connectivity index (χ1n) is 11.2. The van der Waals surface area contributed by atoms with Crippen molar-refractivity contribution in [3.8, 4) is 5.75 Å². The third-order valence-electron chi connectivity index (χ3n) is 5.48. The van der Waals surface area contributed by atoms with Gasteiger partial charge in [0.15, 0.2) is 5.96 Å². The maximum absolute atomic E-state index is 12.1. The van der Waals surface area contributed by atoms with E-state index in [9.17, 15) is 4.79 Å². The summed E-state index contributed by atoms with van der Waals surface area (Å²) in [6.45, 7) is 5.33. The highest BCUT2D eigenvalue weighted by atomic mass is 16.5. The number of carbonyl (C=O) groups is 1. The van der Waals surface area contributed by atoms with Crippen LogP contribution in [0.2, 0.25) is 0 Å². The van der Waals surface area contributed by atoms with Crippen LogP contribution in [-0.2, 0) is 6.54 Å². The molecule has 1 fully saturated rings. The predicted molar refractivity (Wildman–Crippen MR) is 126 cm³/mol. The minimum Gasteiger partial charge on any atom is -0.490 e. The van der Waals surface area contributed by atoms with Gasteiger partial charge >= 0.3 is 0 Å². The molecule has 166 valence electrons. The van der Waals surface area contributed by atoms with Gasteiger partial charge in [0.1, 0.15) is 11.9 Å². The van der Waals surface area contributed by atoms with E-state index < -0.39 is 0 Å². The van der Waals surface area contributed by atoms with Crippen LogP contribution in [0.25, 0.3) is 0 Å². The summed E-state index contributed by atoms with van der Waals surface area (Å²) < 4.78 is 6.09. The number of hydrogen-bond acceptors (Lipinski definition) is 3. The fourth-order valence-electron chi connectivity index (χ4n) is 3.65. The van der Waals surface area contributed by atoms with Gasteiger partial charge in [0.25, 0.3) is 5.91 Å². The topological polar surface area (TPSA) is 66.0 Å². The Hall–Kier alpha value is -3.02. The van der Waals surface area contributed by atoms with Gasteiger partial charge in [-0.15, -0.1) is 0 Å². The first-order valence-corrected chi connectivity index (χ1v) is 11.2. The summed E-state index contributed by atoms with van der Waals surface area (Å²) in [5.74, 6) is 1.83. The molecule has 0 unspecified atom stereocenters. The number of unbranched alkanes of at least 4 members (excludes halogenated alkanes) is 1. The van der Waals surface area contributed by atoms with Gasteiger partial charge in [0.05, 0.1) is 0 Å². The average molecular weight is 423 g/mol. The van der Waals surface area contributed by atoms with Crippen molar-refractivity contribution in [1.82, 2.24) is 15.5 Å². The second-order valence-electron chi connectivity index (χ2n) is 7.82. The van der Waals surface area contributed by atoms with E-state index in [1.54, 1.807) is 0 Å². The van der Waals surface area contributed by atoms with Gasteiger partial charge in [-0.2, -0.15) is 0 Å². The number of ether oxygens (including phenoxy) is 1. The van der Waals surface area contributed by atoms with Crippen LogP contribution >= 0.6 is 0 Å². The van der Waals surface area contributed by atoms with Crippen molar-refractivity contribution in [3.05, 3.63) is 65.7 Å². The lowest BCUT2D eigenvalue weighted by Gasteiger charge is -2.34. The normalized spacial score (nSPS) is 14.9. The van der Waals surface area contributed by atoms with Gasteiger partial charge in [-0.05, 0) is 36.2 Å². The molecule has 1 saturated heterocycles. The number of benzene rings is 2. The Kier molecular flexibility index (Phi) is 8.76. The second kappa shape index (κ2) is 12.0. The highest BCUT2D eigenvalue weighted by Crippen LogP contribution is 2.18. The summed E-state index contributed by atoms with van der Waals surface area (Å²) in [5.41, 5.74) is 1.82. The van der Waals surface area contributed by atoms with E-state index in [2.05, 4.69) is 27.4 Å². The molecule has 0 aromatic heterocycles. The lowest BCUT2D eigenvalue weighted by Crippen LogP contribution is -2.47. The first kappa shape index (κ1) is 22.7. The maximum atomic E-state index is 12.1. The number of piperidine rings is 1. The lowest BCUT2D eigenvalue weighted by atomic mass is 10.1. The van der Waals surface area contributed by atoms with Crippen LogP contribution in [-0.4, -0.2) is 49.6 Å². The molecule has 0 aliphatic carbocycles. The number of likely N-dealkylation sites (tertiary alicyclic amines) is 1. The molecule has 0 atom stereocenters. The molecule has 6 heteroatoms. The fraction of sp³-hybridized carbons (Fsp3) is 0.440. The van der Waals surface area contributed by atoms with Crippen molar-refractivity contribution >= 4 is 11.9 Å². The van der Waals surface area contributed by atoms with E-state index >= 15 is 0 Å². The van der Waals surface area contributed by atoms with Crippen LogP contribution in [0.15, 0.2) is 59.6 Å². The first-order chi connectivity index (χ1) is 15.2. The van der Waals surface area contributed by atoms with Crippen molar-refractivity contribution in [2.75, 3.05) is 26.7 Å². The average Bonchev–Trinajstić information content (AvgIpc) is 2.81. The van der Waals surface area contributed by atoms with Gasteiger partial charge in [-0.25, -0.2) is 0 Å². The van der Waals surface area contributed by atoms with E-state index in [1.165, 1.54) is 0 Å². The summed E-state index contributed by atoms with van der Waals surface area (Å²) in [4.78, 5) is 18.9. The van der Waals surface area contributed by atoms with E-state index in [1.807, 2.05) is 61.6 Å². The number of guanidine groups is 1. The molecule has 1 amide bonds. The highest BCUT2D eigenvalue weighted by molar-refractivity contribution is 5.94. The number of carbonyl (C=O) groups excluding carboxylic acids is 1. The highest BCUT2D eigenvalue weighted by Gasteiger charge is 2.22. The zero-order chi connectivity index (χ0) is 21.9. The summed E-state index contributed by atoms with van der Waals surface area (Å²) in [5, 5.41) is 6.39. The molecular weight excluding hydrogens is 388 g/mol.